The van der Waals surface area contributed by atoms with Crippen LogP contribution in [0.1, 0.15) is 45.4 Å². The van der Waals surface area contributed by atoms with Gasteiger partial charge < -0.3 is 9.73 Å². The molecule has 0 bridgehead atoms. The Hall–Kier alpha value is -1.54. The minimum atomic E-state index is 0.238. The van der Waals surface area contributed by atoms with Crippen molar-refractivity contribution in [3.05, 3.63) is 47.9 Å². The summed E-state index contributed by atoms with van der Waals surface area (Å²) in [6, 6.07) is 10.9. The fraction of sp³-hybridized carbons (Fsp3) is 0.444. The Morgan fingerprint density at radius 3 is 2.35 bits per heavy atom. The molecule has 1 heterocycles. The van der Waals surface area contributed by atoms with Crippen molar-refractivity contribution in [3.8, 4) is 11.1 Å². The van der Waals surface area contributed by atoms with E-state index in [9.17, 15) is 0 Å². The first-order chi connectivity index (χ1) is 9.58. The lowest BCUT2D eigenvalue weighted by Gasteiger charge is -2.23. The molecule has 0 atom stereocenters. The van der Waals surface area contributed by atoms with Gasteiger partial charge in [-0.15, -0.1) is 0 Å². The number of nitrogens with one attached hydrogen (secondary N) is 1. The van der Waals surface area contributed by atoms with Crippen molar-refractivity contribution in [2.45, 2.75) is 46.1 Å². The molecule has 2 aromatic rings. The second kappa shape index (κ2) is 6.27. The Balaban J connectivity index is 2.24. The van der Waals surface area contributed by atoms with E-state index in [-0.39, 0.29) is 5.41 Å². The number of hydrogen-bond acceptors (Lipinski definition) is 2. The molecule has 2 heteroatoms. The van der Waals surface area contributed by atoms with Crippen LogP contribution in [0.2, 0.25) is 0 Å². The van der Waals surface area contributed by atoms with Gasteiger partial charge in [0.25, 0.3) is 0 Å². The molecule has 1 aromatic heterocycles. The van der Waals surface area contributed by atoms with Gasteiger partial charge in [-0.3, -0.25) is 0 Å². The van der Waals surface area contributed by atoms with Crippen molar-refractivity contribution in [1.82, 2.24) is 5.32 Å². The zero-order chi connectivity index (χ0) is 14.6. The molecule has 0 aliphatic heterocycles. The molecule has 0 aliphatic carbocycles. The van der Waals surface area contributed by atoms with E-state index in [0.717, 1.165) is 25.3 Å². The molecule has 2 rings (SSSR count). The lowest BCUT2D eigenvalue weighted by atomic mass is 9.82. The molecule has 108 valence electrons. The van der Waals surface area contributed by atoms with Crippen LogP contribution >= 0.6 is 0 Å². The van der Waals surface area contributed by atoms with E-state index in [4.69, 9.17) is 4.42 Å². The minimum absolute atomic E-state index is 0.238. The van der Waals surface area contributed by atoms with E-state index in [1.807, 2.05) is 6.07 Å². The second-order valence-electron chi connectivity index (χ2n) is 5.85. The molecule has 0 unspecified atom stereocenters. The Bertz CT molecular complexity index is 537. The van der Waals surface area contributed by atoms with Gasteiger partial charge in [-0.25, -0.2) is 0 Å². The lowest BCUT2D eigenvalue weighted by Crippen LogP contribution is -2.15. The summed E-state index contributed by atoms with van der Waals surface area (Å²) in [7, 11) is 0. The van der Waals surface area contributed by atoms with E-state index in [1.54, 1.807) is 6.26 Å². The maximum Gasteiger partial charge on any atom is 0.125 e. The van der Waals surface area contributed by atoms with Crippen molar-refractivity contribution in [2.75, 3.05) is 6.54 Å². The maximum atomic E-state index is 5.58. The molecule has 1 aromatic carbocycles. The van der Waals surface area contributed by atoms with E-state index in [2.05, 4.69) is 57.3 Å². The van der Waals surface area contributed by atoms with Gasteiger partial charge in [0.1, 0.15) is 5.76 Å². The number of hydrogen-bond donors (Lipinski definition) is 1. The number of benzene rings is 1. The van der Waals surface area contributed by atoms with Gasteiger partial charge in [-0.2, -0.15) is 0 Å². The summed E-state index contributed by atoms with van der Waals surface area (Å²) in [5.41, 5.74) is 4.04. The van der Waals surface area contributed by atoms with Crippen LogP contribution in [0.25, 0.3) is 11.1 Å². The van der Waals surface area contributed by atoms with Crippen molar-refractivity contribution >= 4 is 0 Å². The first kappa shape index (κ1) is 14.9. The quantitative estimate of drug-likeness (QED) is 0.820. The predicted molar refractivity (Wildman–Crippen MR) is 84.8 cm³/mol. The van der Waals surface area contributed by atoms with Gasteiger partial charge in [-0.05, 0) is 35.6 Å². The molecule has 0 saturated carbocycles. The van der Waals surface area contributed by atoms with E-state index >= 15 is 0 Å². The second-order valence-corrected chi connectivity index (χ2v) is 5.85. The standard InChI is InChI=1S/C18H25NO/c1-5-18(3,4)15-9-7-14(8-10-15)16-11-12-20-17(16)13-19-6-2/h7-12,19H,5-6,13H2,1-4H3. The van der Waals surface area contributed by atoms with Crippen molar-refractivity contribution in [1.29, 1.82) is 0 Å². The molecular formula is C18H25NO. The minimum Gasteiger partial charge on any atom is -0.467 e. The monoisotopic (exact) mass is 271 g/mol. The van der Waals surface area contributed by atoms with Gasteiger partial charge in [0.15, 0.2) is 0 Å². The molecule has 0 amide bonds. The smallest absolute Gasteiger partial charge is 0.125 e. The fourth-order valence-corrected chi connectivity index (χ4v) is 2.28. The van der Waals surface area contributed by atoms with Crippen LogP contribution in [0, 0.1) is 0 Å². The van der Waals surface area contributed by atoms with Gasteiger partial charge in [0, 0.05) is 5.56 Å². The normalized spacial score (nSPS) is 11.8. The van der Waals surface area contributed by atoms with Gasteiger partial charge >= 0.3 is 0 Å². The highest BCUT2D eigenvalue weighted by Crippen LogP contribution is 2.30. The predicted octanol–water partition coefficient (Wildman–Crippen LogP) is 4.74. The van der Waals surface area contributed by atoms with Gasteiger partial charge in [0.2, 0.25) is 0 Å². The molecule has 1 N–H and O–H groups in total. The summed E-state index contributed by atoms with van der Waals surface area (Å²) >= 11 is 0. The van der Waals surface area contributed by atoms with Crippen LogP contribution < -0.4 is 5.32 Å². The van der Waals surface area contributed by atoms with Gasteiger partial charge in [0.05, 0.1) is 12.8 Å². The van der Waals surface area contributed by atoms with E-state index < -0.39 is 0 Å². The third kappa shape index (κ3) is 3.13. The summed E-state index contributed by atoms with van der Waals surface area (Å²) < 4.78 is 5.58. The fourth-order valence-electron chi connectivity index (χ4n) is 2.28. The highest BCUT2D eigenvalue weighted by atomic mass is 16.3. The maximum absolute atomic E-state index is 5.58. The van der Waals surface area contributed by atoms with Crippen LogP contribution in [-0.4, -0.2) is 6.54 Å². The van der Waals surface area contributed by atoms with Crippen LogP contribution in [0.5, 0.6) is 0 Å². The SMILES string of the molecule is CCNCc1occc1-c1ccc(C(C)(C)CC)cc1. The summed E-state index contributed by atoms with van der Waals surface area (Å²) in [5.74, 6) is 1.01. The van der Waals surface area contributed by atoms with Crippen molar-refractivity contribution in [2.24, 2.45) is 0 Å². The molecule has 0 radical (unpaired) electrons. The first-order valence-corrected chi connectivity index (χ1v) is 7.46. The lowest BCUT2D eigenvalue weighted by molar-refractivity contribution is 0.489. The zero-order valence-electron chi connectivity index (χ0n) is 13.0. The third-order valence-corrected chi connectivity index (χ3v) is 4.14. The highest BCUT2D eigenvalue weighted by molar-refractivity contribution is 5.65. The van der Waals surface area contributed by atoms with Crippen molar-refractivity contribution < 1.29 is 4.42 Å². The molecule has 0 aliphatic rings. The third-order valence-electron chi connectivity index (χ3n) is 4.14. The summed E-state index contributed by atoms with van der Waals surface area (Å²) in [4.78, 5) is 0. The zero-order valence-corrected chi connectivity index (χ0v) is 13.0. The van der Waals surface area contributed by atoms with Crippen LogP contribution in [-0.2, 0) is 12.0 Å². The van der Waals surface area contributed by atoms with E-state index in [1.165, 1.54) is 16.7 Å². The number of furan rings is 1. The topological polar surface area (TPSA) is 25.2 Å². The molecule has 0 spiro atoms. The van der Waals surface area contributed by atoms with Gasteiger partial charge in [-0.1, -0.05) is 52.0 Å². The Morgan fingerprint density at radius 1 is 1.05 bits per heavy atom. The average Bonchev–Trinajstić information content (AvgIpc) is 2.93. The summed E-state index contributed by atoms with van der Waals surface area (Å²) in [5, 5.41) is 3.31. The number of rotatable bonds is 6. The Morgan fingerprint density at radius 2 is 1.75 bits per heavy atom. The van der Waals surface area contributed by atoms with Crippen LogP contribution in [0.4, 0.5) is 0 Å². The Labute approximate surface area is 122 Å². The van der Waals surface area contributed by atoms with E-state index in [0.29, 0.717) is 0 Å². The van der Waals surface area contributed by atoms with Crippen LogP contribution in [0.15, 0.2) is 41.0 Å². The molecular weight excluding hydrogens is 246 g/mol. The van der Waals surface area contributed by atoms with Crippen LogP contribution in [0.3, 0.4) is 0 Å². The average molecular weight is 271 g/mol. The Kier molecular flexibility index (Phi) is 4.66. The summed E-state index contributed by atoms with van der Waals surface area (Å²) in [6.45, 7) is 10.6. The first-order valence-electron chi connectivity index (χ1n) is 7.46. The molecule has 0 fully saturated rings. The molecule has 20 heavy (non-hydrogen) atoms. The van der Waals surface area contributed by atoms with Crippen molar-refractivity contribution in [3.63, 3.8) is 0 Å². The largest absolute Gasteiger partial charge is 0.467 e. The highest BCUT2D eigenvalue weighted by Gasteiger charge is 2.18. The molecule has 0 saturated heterocycles. The molecule has 2 nitrogen and oxygen atoms in total. The summed E-state index contributed by atoms with van der Waals surface area (Å²) in [6.07, 6.45) is 2.91.